The van der Waals surface area contributed by atoms with Crippen molar-refractivity contribution in [3.63, 3.8) is 0 Å². The van der Waals surface area contributed by atoms with Crippen LogP contribution in [0.5, 0.6) is 0 Å². The molecule has 0 saturated heterocycles. The second-order valence-electron chi connectivity index (χ2n) is 9.46. The largest absolute Gasteiger partial charge is 3.00 e. The number of aromatic nitrogens is 6. The maximum Gasteiger partial charge on any atom is 3.00 e. The Balaban J connectivity index is 0.000000419. The van der Waals surface area contributed by atoms with Gasteiger partial charge in [-0.1, -0.05) is 35.2 Å². The summed E-state index contributed by atoms with van der Waals surface area (Å²) in [5, 5.41) is 17.1. The zero-order valence-electron chi connectivity index (χ0n) is 27.9. The van der Waals surface area contributed by atoms with Gasteiger partial charge in [0, 0.05) is 30.2 Å². The van der Waals surface area contributed by atoms with E-state index in [4.69, 9.17) is 15.7 Å². The van der Waals surface area contributed by atoms with Gasteiger partial charge >= 0.3 is 65.4 Å². The van der Waals surface area contributed by atoms with E-state index >= 15 is 0 Å². The first kappa shape index (κ1) is 43.3. The van der Waals surface area contributed by atoms with Crippen molar-refractivity contribution in [3.8, 4) is 45.0 Å². The Morgan fingerprint density at radius 3 is 1.48 bits per heavy atom. The van der Waals surface area contributed by atoms with Gasteiger partial charge in [0.15, 0.2) is 0 Å². The van der Waals surface area contributed by atoms with Crippen LogP contribution in [-0.2, 0) is 78.5 Å². The van der Waals surface area contributed by atoms with Gasteiger partial charge in [0.25, 0.3) is 0 Å². The summed E-state index contributed by atoms with van der Waals surface area (Å²) < 4.78 is 3.66. The van der Waals surface area contributed by atoms with Crippen LogP contribution in [0.1, 0.15) is 25.0 Å². The first-order valence-corrected chi connectivity index (χ1v) is 15.1. The molecular weight excluding hydrogens is 740 g/mol. The van der Waals surface area contributed by atoms with Crippen molar-refractivity contribution < 1.29 is 65.4 Å². The normalized spacial score (nSPS) is 9.58. The van der Waals surface area contributed by atoms with Crippen LogP contribution in [0.3, 0.4) is 0 Å². The summed E-state index contributed by atoms with van der Waals surface area (Å²) in [4.78, 5) is 0. The molecule has 4 radical (unpaired) electrons. The van der Waals surface area contributed by atoms with Crippen molar-refractivity contribution in [3.05, 3.63) is 148 Å². The molecule has 48 heavy (non-hydrogen) atoms. The van der Waals surface area contributed by atoms with Crippen LogP contribution in [0.2, 0.25) is 12.6 Å². The number of nitrogens with zero attached hydrogens (tertiary/aromatic N) is 6. The fraction of sp³-hybridized carbons (Fsp3) is 0.158. The third kappa shape index (κ3) is 11.1. The van der Waals surface area contributed by atoms with Crippen molar-refractivity contribution in [2.24, 2.45) is 0 Å². The fourth-order valence-corrected chi connectivity index (χ4v) is 4.66. The first-order chi connectivity index (χ1) is 22.6. The zero-order valence-corrected chi connectivity index (χ0v) is 33.6. The molecule has 2 heterocycles. The van der Waals surface area contributed by atoms with Gasteiger partial charge in [-0.25, -0.2) is 0 Å². The van der Waals surface area contributed by atoms with Crippen LogP contribution in [0.4, 0.5) is 0 Å². The minimum atomic E-state index is 0. The molecule has 0 aliphatic rings. The smallest absolute Gasteiger partial charge is 0.346 e. The third-order valence-electron chi connectivity index (χ3n) is 6.63. The molecule has 0 unspecified atom stereocenters. The van der Waals surface area contributed by atoms with Crippen LogP contribution >= 0.6 is 0 Å². The topological polar surface area (TPSA) is 61.4 Å². The van der Waals surface area contributed by atoms with E-state index in [1.165, 1.54) is 0 Å². The SMILES string of the molecule is [B]CCn1nnc(-c2[c-]cccc2)c1-c1ccccc1[CH2-].[B]CCn1nnc(-c2ccccc2[CH2-])c1-c1[c-]cccc1.[CH2-]C.[CH2-]C.[Y+3].[Y+3]. The van der Waals surface area contributed by atoms with E-state index in [1.54, 1.807) is 13.8 Å². The average Bonchev–Trinajstić information content (AvgIpc) is 3.73. The standard InChI is InChI=1S/2C17H14BN3.2C2H5.2Y/c1-13-7-5-6-10-15(13)16-17(14-8-3-2-4-9-14)21(12-11-18)20-19-16;1-13-7-5-6-10-15(13)17-16(14-8-3-2-4-9-14)19-20-21(17)12-11-18;2*1-2;;/h2*2-8,10H,1,11-12H2;2*1H2,2H3;;/q2*-2;2*-1;2*+3. The summed E-state index contributed by atoms with van der Waals surface area (Å²) in [6.07, 6.45) is 1.02. The van der Waals surface area contributed by atoms with Gasteiger partial charge in [0.05, 0.1) is 15.7 Å². The van der Waals surface area contributed by atoms with Gasteiger partial charge < -0.3 is 13.8 Å². The second kappa shape index (κ2) is 23.6. The van der Waals surface area contributed by atoms with Gasteiger partial charge in [-0.2, -0.15) is 61.2 Å². The van der Waals surface area contributed by atoms with Crippen molar-refractivity contribution in [1.29, 1.82) is 0 Å². The average molecular weight is 778 g/mol. The molecule has 0 aliphatic heterocycles. The summed E-state index contributed by atoms with van der Waals surface area (Å²) >= 11 is 0. The summed E-state index contributed by atoms with van der Waals surface area (Å²) in [5.41, 5.74) is 9.22. The van der Waals surface area contributed by atoms with Gasteiger partial charge in [0.2, 0.25) is 0 Å². The molecular formula is C38H38B2N6Y2. The van der Waals surface area contributed by atoms with Gasteiger partial charge in [0.1, 0.15) is 0 Å². The van der Waals surface area contributed by atoms with E-state index < -0.39 is 0 Å². The Morgan fingerprint density at radius 1 is 0.562 bits per heavy atom. The molecule has 0 saturated carbocycles. The van der Waals surface area contributed by atoms with Crippen LogP contribution in [0.15, 0.2) is 97.1 Å². The second-order valence-corrected chi connectivity index (χ2v) is 9.46. The minimum absolute atomic E-state index is 0. The quantitative estimate of drug-likeness (QED) is 0.116. The molecule has 0 spiro atoms. The summed E-state index contributed by atoms with van der Waals surface area (Å²) in [6.45, 7) is 19.4. The fourth-order valence-electron chi connectivity index (χ4n) is 4.66. The number of hydrogen-bond donors (Lipinski definition) is 0. The molecule has 10 heteroatoms. The van der Waals surface area contributed by atoms with Crippen molar-refractivity contribution in [2.45, 2.75) is 39.6 Å². The molecule has 232 valence electrons. The minimum Gasteiger partial charge on any atom is -0.346 e. The Labute approximate surface area is 340 Å². The van der Waals surface area contributed by atoms with E-state index in [0.29, 0.717) is 25.7 Å². The van der Waals surface area contributed by atoms with E-state index in [2.05, 4.69) is 60.5 Å². The maximum absolute atomic E-state index is 5.68. The van der Waals surface area contributed by atoms with Gasteiger partial charge in [-0.3, -0.25) is 9.36 Å². The molecule has 0 atom stereocenters. The van der Waals surface area contributed by atoms with Crippen molar-refractivity contribution in [2.75, 3.05) is 0 Å². The Bertz CT molecular complexity index is 1740. The Morgan fingerprint density at radius 2 is 1.00 bits per heavy atom. The van der Waals surface area contributed by atoms with Crippen molar-refractivity contribution in [1.82, 2.24) is 30.0 Å². The van der Waals surface area contributed by atoms with E-state index in [-0.39, 0.29) is 65.4 Å². The number of hydrogen-bond acceptors (Lipinski definition) is 4. The van der Waals surface area contributed by atoms with Crippen LogP contribution in [-0.4, -0.2) is 45.7 Å². The summed E-state index contributed by atoms with van der Waals surface area (Å²) in [7, 11) is 11.4. The molecule has 0 fully saturated rings. The molecule has 6 rings (SSSR count). The van der Waals surface area contributed by atoms with Gasteiger partial charge in [-0.05, 0) is 5.69 Å². The van der Waals surface area contributed by atoms with Crippen LogP contribution in [0.25, 0.3) is 45.0 Å². The molecule has 6 aromatic rings. The third-order valence-corrected chi connectivity index (χ3v) is 6.63. The van der Waals surface area contributed by atoms with Gasteiger partial charge in [-0.15, -0.1) is 107 Å². The summed E-state index contributed by atoms with van der Waals surface area (Å²) in [5.74, 6) is 0. The van der Waals surface area contributed by atoms with Crippen molar-refractivity contribution >= 4 is 15.7 Å². The zero-order chi connectivity index (χ0) is 33.3. The maximum atomic E-state index is 5.68. The number of rotatable bonds is 8. The molecule has 2 aromatic heterocycles. The monoisotopic (exact) mass is 778 g/mol. The van der Waals surface area contributed by atoms with E-state index in [9.17, 15) is 0 Å². The predicted octanol–water partition coefficient (Wildman–Crippen LogP) is 8.04. The predicted molar refractivity (Wildman–Crippen MR) is 192 cm³/mol. The number of aryl methyl sites for hydroxylation is 2. The Hall–Kier alpha value is -2.76. The molecule has 4 aromatic carbocycles. The number of benzene rings is 4. The molecule has 0 amide bonds. The van der Waals surface area contributed by atoms with E-state index in [0.717, 1.165) is 56.2 Å². The molecule has 0 aliphatic carbocycles. The van der Waals surface area contributed by atoms with E-state index in [1.807, 2.05) is 106 Å². The Kier molecular flexibility index (Phi) is 21.2. The van der Waals surface area contributed by atoms with Crippen LogP contribution in [0, 0.1) is 39.8 Å². The first-order valence-electron chi connectivity index (χ1n) is 15.1. The molecule has 0 N–H and O–H groups in total. The molecule has 0 bridgehead atoms. The summed E-state index contributed by atoms with van der Waals surface area (Å²) in [6, 6.07) is 37.9. The van der Waals surface area contributed by atoms with Crippen LogP contribution < -0.4 is 0 Å². The molecule has 6 nitrogen and oxygen atoms in total.